The number of aliphatic imine (C=N–C) groups is 1. The molecule has 0 radical (unpaired) electrons. The Hall–Kier alpha value is -1.63. The van der Waals surface area contributed by atoms with E-state index in [2.05, 4.69) is 32.5 Å². The third-order valence-corrected chi connectivity index (χ3v) is 6.76. The third-order valence-electron chi connectivity index (χ3n) is 6.76. The Labute approximate surface area is 171 Å². The van der Waals surface area contributed by atoms with Gasteiger partial charge >= 0.3 is 6.04 Å². The number of hydrogen-bond donors (Lipinski definition) is 0. The summed E-state index contributed by atoms with van der Waals surface area (Å²) in [6.45, 7) is 17.1. The second-order valence-electron chi connectivity index (χ2n) is 8.60. The maximum Gasteiger partial charge on any atom is 0.363 e. The van der Waals surface area contributed by atoms with Crippen molar-refractivity contribution in [2.45, 2.75) is 76.4 Å². The van der Waals surface area contributed by atoms with Crippen LogP contribution in [0.2, 0.25) is 0 Å². The molecule has 6 heteroatoms. The molecule has 3 aliphatic heterocycles. The van der Waals surface area contributed by atoms with Crippen molar-refractivity contribution in [3.8, 4) is 6.07 Å². The van der Waals surface area contributed by atoms with Gasteiger partial charge < -0.3 is 14.7 Å². The van der Waals surface area contributed by atoms with Crippen LogP contribution in [0.5, 0.6) is 0 Å². The molecule has 0 bridgehead atoms. The number of nitriles is 1. The molecule has 0 N–H and O–H groups in total. The van der Waals surface area contributed by atoms with E-state index in [0.717, 1.165) is 51.3 Å². The summed E-state index contributed by atoms with van der Waals surface area (Å²) in [5.41, 5.74) is 0. The van der Waals surface area contributed by atoms with Crippen LogP contribution in [0.4, 0.5) is 0 Å². The molecule has 28 heavy (non-hydrogen) atoms. The molecule has 3 saturated heterocycles. The third kappa shape index (κ3) is 5.46. The maximum absolute atomic E-state index is 9.46. The van der Waals surface area contributed by atoms with Gasteiger partial charge in [-0.2, -0.15) is 5.26 Å². The van der Waals surface area contributed by atoms with Gasteiger partial charge in [-0.1, -0.05) is 6.42 Å². The lowest BCUT2D eigenvalue weighted by Gasteiger charge is -2.40. The van der Waals surface area contributed by atoms with Crippen LogP contribution in [0.25, 0.3) is 4.85 Å². The Morgan fingerprint density at radius 1 is 1.11 bits per heavy atom. The molecular weight excluding hydrogens is 348 g/mol. The fourth-order valence-corrected chi connectivity index (χ4v) is 5.04. The quantitative estimate of drug-likeness (QED) is 0.306. The zero-order valence-corrected chi connectivity index (χ0v) is 17.5. The summed E-state index contributed by atoms with van der Waals surface area (Å²) in [5.74, 6) is 0.726. The molecule has 0 aromatic heterocycles. The summed E-state index contributed by atoms with van der Waals surface area (Å²) in [6, 6.07) is 2.77. The average Bonchev–Trinajstić information content (AvgIpc) is 3.16. The highest BCUT2D eigenvalue weighted by Gasteiger charge is 2.32. The molecule has 0 aromatic rings. The van der Waals surface area contributed by atoms with E-state index in [-0.39, 0.29) is 0 Å². The van der Waals surface area contributed by atoms with Crippen molar-refractivity contribution in [3.05, 3.63) is 11.4 Å². The van der Waals surface area contributed by atoms with Crippen LogP contribution >= 0.6 is 0 Å². The predicted octanol–water partition coefficient (Wildman–Crippen LogP) is 3.02. The van der Waals surface area contributed by atoms with Crippen molar-refractivity contribution in [1.82, 2.24) is 14.7 Å². The van der Waals surface area contributed by atoms with Crippen molar-refractivity contribution in [3.63, 3.8) is 0 Å². The van der Waals surface area contributed by atoms with Gasteiger partial charge in [0, 0.05) is 38.3 Å². The largest absolute Gasteiger partial charge is 0.363 e. The SMILES string of the molecule is [C-]#[N+]C(C#N)C(=NCCCN1CCCC1C)N1CCC(N2CCCCC2)CC1. The summed E-state index contributed by atoms with van der Waals surface area (Å²) < 4.78 is 0. The Balaban J connectivity index is 1.53. The van der Waals surface area contributed by atoms with Crippen molar-refractivity contribution >= 4 is 5.84 Å². The van der Waals surface area contributed by atoms with Crippen LogP contribution in [0, 0.1) is 17.9 Å². The average molecular weight is 385 g/mol. The summed E-state index contributed by atoms with van der Waals surface area (Å²) in [5, 5.41) is 9.46. The molecule has 3 fully saturated rings. The fraction of sp³-hybridized carbons (Fsp3) is 0.864. The summed E-state index contributed by atoms with van der Waals surface area (Å²) >= 11 is 0. The van der Waals surface area contributed by atoms with Crippen LogP contribution in [-0.2, 0) is 0 Å². The van der Waals surface area contributed by atoms with E-state index in [4.69, 9.17) is 11.6 Å². The van der Waals surface area contributed by atoms with E-state index in [9.17, 15) is 5.26 Å². The normalized spacial score (nSPS) is 26.8. The van der Waals surface area contributed by atoms with E-state index < -0.39 is 6.04 Å². The highest BCUT2D eigenvalue weighted by molar-refractivity contribution is 5.91. The zero-order chi connectivity index (χ0) is 19.8. The van der Waals surface area contributed by atoms with Gasteiger partial charge in [0.05, 0.1) is 0 Å². The summed E-state index contributed by atoms with van der Waals surface area (Å²) in [6.07, 6.45) is 9.89. The van der Waals surface area contributed by atoms with E-state index >= 15 is 0 Å². The molecule has 0 aliphatic carbocycles. The zero-order valence-electron chi connectivity index (χ0n) is 17.5. The van der Waals surface area contributed by atoms with Crippen molar-refractivity contribution < 1.29 is 0 Å². The second kappa shape index (κ2) is 10.8. The molecule has 2 atom stereocenters. The molecule has 0 aromatic carbocycles. The van der Waals surface area contributed by atoms with Gasteiger partial charge in [0.2, 0.25) is 0 Å². The van der Waals surface area contributed by atoms with Gasteiger partial charge in [-0.3, -0.25) is 9.84 Å². The molecule has 2 unspecified atom stereocenters. The van der Waals surface area contributed by atoms with Crippen LogP contribution in [-0.4, -0.2) is 84.5 Å². The summed E-state index contributed by atoms with van der Waals surface area (Å²) in [7, 11) is 0. The van der Waals surface area contributed by atoms with E-state index in [1.54, 1.807) is 0 Å². The number of piperidine rings is 2. The van der Waals surface area contributed by atoms with Crippen molar-refractivity contribution in [1.29, 1.82) is 5.26 Å². The Bertz CT molecular complexity index is 575. The van der Waals surface area contributed by atoms with E-state index in [0.29, 0.717) is 12.1 Å². The lowest BCUT2D eigenvalue weighted by atomic mass is 9.99. The molecule has 3 rings (SSSR count). The maximum atomic E-state index is 9.46. The first-order valence-electron chi connectivity index (χ1n) is 11.3. The fourth-order valence-electron chi connectivity index (χ4n) is 5.04. The number of hydrogen-bond acceptors (Lipinski definition) is 4. The topological polar surface area (TPSA) is 50.2 Å². The monoisotopic (exact) mass is 384 g/mol. The molecule has 3 aliphatic rings. The van der Waals surface area contributed by atoms with Crippen molar-refractivity contribution in [2.75, 3.05) is 45.8 Å². The van der Waals surface area contributed by atoms with Gasteiger partial charge in [-0.05, 0) is 71.5 Å². The highest BCUT2D eigenvalue weighted by Crippen LogP contribution is 2.22. The second-order valence-corrected chi connectivity index (χ2v) is 8.60. The van der Waals surface area contributed by atoms with Gasteiger partial charge in [-0.15, -0.1) is 0 Å². The molecule has 0 amide bonds. The first-order chi connectivity index (χ1) is 13.7. The molecule has 3 heterocycles. The van der Waals surface area contributed by atoms with Crippen LogP contribution in [0.3, 0.4) is 0 Å². The van der Waals surface area contributed by atoms with Gasteiger partial charge in [0.1, 0.15) is 0 Å². The first-order valence-corrected chi connectivity index (χ1v) is 11.3. The number of amidine groups is 1. The van der Waals surface area contributed by atoms with E-state index in [1.165, 1.54) is 51.7 Å². The molecule has 0 spiro atoms. The van der Waals surface area contributed by atoms with Crippen LogP contribution in [0.1, 0.15) is 58.3 Å². The number of rotatable bonds is 6. The standard InChI is InChI=1S/C22H36N6/c1-19-8-6-14-26(19)15-7-11-25-22(21(18-23)24-2)28-16-9-20(10-17-28)27-12-4-3-5-13-27/h19-21H,3-17H2,1H3. The molecule has 0 saturated carbocycles. The summed E-state index contributed by atoms with van der Waals surface area (Å²) in [4.78, 5) is 15.8. The first kappa shape index (κ1) is 21.1. The van der Waals surface area contributed by atoms with Gasteiger partial charge in [0.25, 0.3) is 0 Å². The lowest BCUT2D eigenvalue weighted by Crippen LogP contribution is -2.49. The molecular formula is C22H36N6. The smallest absolute Gasteiger partial charge is 0.353 e. The van der Waals surface area contributed by atoms with Crippen LogP contribution in [0.15, 0.2) is 4.99 Å². The molecule has 6 nitrogen and oxygen atoms in total. The number of likely N-dealkylation sites (tertiary alicyclic amines) is 3. The van der Waals surface area contributed by atoms with Crippen molar-refractivity contribution in [2.24, 2.45) is 4.99 Å². The minimum absolute atomic E-state index is 0.669. The van der Waals surface area contributed by atoms with Gasteiger partial charge in [0.15, 0.2) is 11.9 Å². The highest BCUT2D eigenvalue weighted by atomic mass is 15.2. The predicted molar refractivity (Wildman–Crippen MR) is 113 cm³/mol. The Morgan fingerprint density at radius 2 is 1.86 bits per heavy atom. The molecule has 154 valence electrons. The van der Waals surface area contributed by atoms with Crippen LogP contribution < -0.4 is 0 Å². The number of nitrogens with zero attached hydrogens (tertiary/aromatic N) is 6. The Morgan fingerprint density at radius 3 is 2.46 bits per heavy atom. The van der Waals surface area contributed by atoms with Gasteiger partial charge in [-0.25, -0.2) is 6.57 Å². The Kier molecular flexibility index (Phi) is 8.13. The minimum Gasteiger partial charge on any atom is -0.353 e. The van der Waals surface area contributed by atoms with E-state index in [1.807, 2.05) is 0 Å². The lowest BCUT2D eigenvalue weighted by molar-refractivity contribution is 0.114. The minimum atomic E-state index is -0.753.